The summed E-state index contributed by atoms with van der Waals surface area (Å²) in [5.74, 6) is -3.44. The van der Waals surface area contributed by atoms with E-state index in [-0.39, 0.29) is 37.7 Å². The Morgan fingerprint density at radius 3 is 2.28 bits per heavy atom. The lowest BCUT2D eigenvalue weighted by Crippen LogP contribution is -2.57. The minimum absolute atomic E-state index is 0.0463. The van der Waals surface area contributed by atoms with E-state index in [2.05, 4.69) is 10.6 Å². The number of esters is 3. The molecule has 0 radical (unpaired) electrons. The van der Waals surface area contributed by atoms with Crippen LogP contribution < -0.4 is 15.7 Å². The molecule has 2 aromatic carbocycles. The molecular formula is C44H57ClN3O10-. The summed E-state index contributed by atoms with van der Waals surface area (Å²) in [5, 5.41) is 18.3. The molecule has 1 unspecified atom stereocenters. The van der Waals surface area contributed by atoms with Crippen molar-refractivity contribution in [1.29, 1.82) is 0 Å². The highest BCUT2D eigenvalue weighted by molar-refractivity contribution is 6.31. The van der Waals surface area contributed by atoms with Gasteiger partial charge in [-0.1, -0.05) is 73.5 Å². The Kier molecular flexibility index (Phi) is 17.8. The third-order valence-corrected chi connectivity index (χ3v) is 11.0. The zero-order valence-electron chi connectivity index (χ0n) is 34.3. The molecule has 2 aliphatic heterocycles. The number of nitrogens with zero attached hydrogens (tertiary/aromatic N) is 1. The maximum Gasteiger partial charge on any atom is 0.336 e. The molecule has 1 amide bonds. The SMILES string of the molecule is CCCOCC1=C(C(=O)OCC)C(c2ccccc2Cl)C(C(=O)OC)=C(C)N1.CCOC(=O)[C@H](CCc1ccccc1)N[C@@H](C)C(=O)N1[C@H](C(=O)[O-])C[C@@H]2CCC[C@@H]21. The molecule has 2 fully saturated rings. The van der Waals surface area contributed by atoms with E-state index in [1.165, 1.54) is 12.0 Å². The van der Waals surface area contributed by atoms with Crippen molar-refractivity contribution in [2.45, 2.75) is 110 Å². The molecule has 2 N–H and O–H groups in total. The van der Waals surface area contributed by atoms with Crippen LogP contribution in [0.1, 0.15) is 90.2 Å². The van der Waals surface area contributed by atoms with Crippen molar-refractivity contribution in [3.63, 3.8) is 0 Å². The number of dihydropyridines is 1. The minimum atomic E-state index is -1.20. The van der Waals surface area contributed by atoms with Gasteiger partial charge in [-0.2, -0.15) is 0 Å². The summed E-state index contributed by atoms with van der Waals surface area (Å²) in [5.41, 5.74) is 3.48. The van der Waals surface area contributed by atoms with Gasteiger partial charge in [0.1, 0.15) is 6.04 Å². The quantitative estimate of drug-likeness (QED) is 0.128. The Hall–Kier alpha value is -4.72. The van der Waals surface area contributed by atoms with Gasteiger partial charge in [0.2, 0.25) is 5.91 Å². The Morgan fingerprint density at radius 2 is 1.64 bits per heavy atom. The third-order valence-electron chi connectivity index (χ3n) is 10.7. The Labute approximate surface area is 346 Å². The fraction of sp³-hybridized carbons (Fsp3) is 0.523. The lowest BCUT2D eigenvalue weighted by atomic mass is 9.80. The number of allylic oxidation sites excluding steroid dienone is 1. The minimum Gasteiger partial charge on any atom is -0.548 e. The van der Waals surface area contributed by atoms with Crippen LogP contribution in [0.25, 0.3) is 0 Å². The average Bonchev–Trinajstić information content (AvgIpc) is 3.82. The molecule has 2 heterocycles. The number of ether oxygens (including phenoxy) is 4. The van der Waals surface area contributed by atoms with Crippen LogP contribution in [-0.2, 0) is 49.3 Å². The van der Waals surface area contributed by atoms with Gasteiger partial charge < -0.3 is 39.1 Å². The Bertz CT molecular complexity index is 1820. The van der Waals surface area contributed by atoms with Crippen LogP contribution in [0.4, 0.5) is 0 Å². The number of benzene rings is 2. The van der Waals surface area contributed by atoms with Gasteiger partial charge >= 0.3 is 17.9 Å². The molecule has 58 heavy (non-hydrogen) atoms. The van der Waals surface area contributed by atoms with Crippen LogP contribution in [0.3, 0.4) is 0 Å². The summed E-state index contributed by atoms with van der Waals surface area (Å²) in [4.78, 5) is 64.4. The number of fused-ring (bicyclic) bond motifs is 1. The van der Waals surface area contributed by atoms with Crippen molar-refractivity contribution in [3.05, 3.63) is 93.3 Å². The number of carbonyl (C=O) groups is 5. The fourth-order valence-electron chi connectivity index (χ4n) is 8.06. The molecule has 1 saturated heterocycles. The van der Waals surface area contributed by atoms with E-state index in [0.717, 1.165) is 31.2 Å². The standard InChI is InChI=1S/C23H32N2O5.C21H26ClNO5/c1-3-30-23(29)18(13-12-16-8-5-4-6-9-16)24-15(2)21(26)25-19-11-7-10-17(19)14-20(25)22(27)28;1-5-11-27-12-16-19(21(25)28-6-2)18(14-9-7-8-10-15(14)22)17(13(3)23-16)20(24)26-4/h4-6,8-9,15,17-20,24H,3,7,10-14H2,1-2H3,(H,27,28);7-10,18,23H,5-6,11-12H2,1-4H3/p-1/t15-,17-,18-,19-,20-;/m0./s1. The van der Waals surface area contributed by atoms with Crippen LogP contribution in [0.15, 0.2) is 77.1 Å². The van der Waals surface area contributed by atoms with Crippen molar-refractivity contribution in [2.24, 2.45) is 5.92 Å². The molecule has 2 aromatic rings. The zero-order valence-corrected chi connectivity index (χ0v) is 35.1. The summed E-state index contributed by atoms with van der Waals surface area (Å²) in [6.07, 6.45) is 5.22. The van der Waals surface area contributed by atoms with Gasteiger partial charge in [0.25, 0.3) is 0 Å². The highest BCUT2D eigenvalue weighted by Gasteiger charge is 2.47. The molecular weight excluding hydrogens is 766 g/mol. The monoisotopic (exact) mass is 822 g/mol. The van der Waals surface area contributed by atoms with E-state index >= 15 is 0 Å². The molecule has 13 nitrogen and oxygen atoms in total. The van der Waals surface area contributed by atoms with E-state index < -0.39 is 47.9 Å². The van der Waals surface area contributed by atoms with Crippen LogP contribution in [0, 0.1) is 5.92 Å². The predicted molar refractivity (Wildman–Crippen MR) is 216 cm³/mol. The number of hydrogen-bond donors (Lipinski definition) is 2. The predicted octanol–water partition coefficient (Wildman–Crippen LogP) is 4.77. The number of amides is 1. The molecule has 6 atom stereocenters. The van der Waals surface area contributed by atoms with Crippen molar-refractivity contribution < 1.29 is 48.0 Å². The van der Waals surface area contributed by atoms with Gasteiger partial charge in [0.05, 0.1) is 67.7 Å². The second kappa shape index (κ2) is 22.4. The number of carboxylic acid groups (broad SMARTS) is 1. The molecule has 1 saturated carbocycles. The second-order valence-corrected chi connectivity index (χ2v) is 15.0. The number of carbonyl (C=O) groups excluding carboxylic acids is 5. The van der Waals surface area contributed by atoms with Gasteiger partial charge in [-0.15, -0.1) is 0 Å². The van der Waals surface area contributed by atoms with Crippen molar-refractivity contribution >= 4 is 41.4 Å². The number of rotatable bonds is 17. The van der Waals surface area contributed by atoms with E-state index in [1.54, 1.807) is 45.9 Å². The van der Waals surface area contributed by atoms with E-state index in [1.807, 2.05) is 43.3 Å². The molecule has 1 aliphatic carbocycles. The summed E-state index contributed by atoms with van der Waals surface area (Å²) >= 11 is 6.44. The van der Waals surface area contributed by atoms with Crippen molar-refractivity contribution in [1.82, 2.24) is 15.5 Å². The van der Waals surface area contributed by atoms with Crippen LogP contribution >= 0.6 is 11.6 Å². The van der Waals surface area contributed by atoms with Crippen molar-refractivity contribution in [3.8, 4) is 0 Å². The first-order valence-corrected chi connectivity index (χ1v) is 20.5. The first-order chi connectivity index (χ1) is 27.9. The van der Waals surface area contributed by atoms with Crippen LogP contribution in [-0.4, -0.2) is 92.4 Å². The number of aryl methyl sites for hydroxylation is 1. The molecule has 316 valence electrons. The molecule has 3 aliphatic rings. The lowest BCUT2D eigenvalue weighted by Gasteiger charge is -2.33. The fourth-order valence-corrected chi connectivity index (χ4v) is 8.31. The largest absolute Gasteiger partial charge is 0.548 e. The van der Waals surface area contributed by atoms with Gasteiger partial charge in [-0.25, -0.2) is 9.59 Å². The summed E-state index contributed by atoms with van der Waals surface area (Å²) in [6, 6.07) is 14.6. The molecule has 0 spiro atoms. The average molecular weight is 823 g/mol. The van der Waals surface area contributed by atoms with Crippen LogP contribution in [0.5, 0.6) is 0 Å². The number of halogens is 1. The normalized spacial score (nSPS) is 20.9. The maximum absolute atomic E-state index is 13.2. The molecule has 0 bridgehead atoms. The van der Waals surface area contributed by atoms with E-state index in [4.69, 9.17) is 30.5 Å². The van der Waals surface area contributed by atoms with E-state index in [9.17, 15) is 29.1 Å². The first-order valence-electron chi connectivity index (χ1n) is 20.2. The van der Waals surface area contributed by atoms with Gasteiger partial charge in [0, 0.05) is 23.4 Å². The summed E-state index contributed by atoms with van der Waals surface area (Å²) in [6.45, 7) is 10.1. The Balaban J connectivity index is 0.000000257. The smallest absolute Gasteiger partial charge is 0.336 e. The molecule has 0 aromatic heterocycles. The third kappa shape index (κ3) is 11.5. The maximum atomic E-state index is 13.2. The van der Waals surface area contributed by atoms with Gasteiger partial charge in [-0.3, -0.25) is 14.9 Å². The number of hydrogen-bond acceptors (Lipinski definition) is 12. The lowest BCUT2D eigenvalue weighted by molar-refractivity contribution is -0.311. The van der Waals surface area contributed by atoms with Gasteiger partial charge in [-0.05, 0) is 89.3 Å². The molecule has 14 heteroatoms. The molecule has 5 rings (SSSR count). The summed E-state index contributed by atoms with van der Waals surface area (Å²) in [7, 11) is 1.31. The number of nitrogens with one attached hydrogen (secondary N) is 2. The first kappa shape index (κ1) is 46.0. The van der Waals surface area contributed by atoms with Gasteiger partial charge in [0.15, 0.2) is 0 Å². The number of methoxy groups -OCH3 is 1. The summed E-state index contributed by atoms with van der Waals surface area (Å²) < 4.78 is 21.1. The number of carboxylic acids is 1. The Morgan fingerprint density at radius 1 is 0.948 bits per heavy atom. The highest BCUT2D eigenvalue weighted by Crippen LogP contribution is 2.43. The zero-order chi connectivity index (χ0) is 42.4. The van der Waals surface area contributed by atoms with Crippen molar-refractivity contribution in [2.75, 3.05) is 33.5 Å². The van der Waals surface area contributed by atoms with Crippen LogP contribution in [0.2, 0.25) is 5.02 Å². The second-order valence-electron chi connectivity index (χ2n) is 14.6. The van der Waals surface area contributed by atoms with E-state index in [0.29, 0.717) is 59.0 Å². The number of likely N-dealkylation sites (tertiary alicyclic amines) is 1. The number of aliphatic carboxylic acids is 1. The topological polar surface area (TPSA) is 173 Å². The highest BCUT2D eigenvalue weighted by atomic mass is 35.5.